The zero-order valence-corrected chi connectivity index (χ0v) is 14.5. The first kappa shape index (κ1) is 17.4. The third-order valence-electron chi connectivity index (χ3n) is 4.61. The van der Waals surface area contributed by atoms with Crippen molar-refractivity contribution in [2.75, 3.05) is 20.3 Å². The summed E-state index contributed by atoms with van der Waals surface area (Å²) in [6.07, 6.45) is 8.40. The summed E-state index contributed by atoms with van der Waals surface area (Å²) in [6.45, 7) is 2.31. The van der Waals surface area contributed by atoms with E-state index in [1.54, 1.807) is 25.6 Å². The van der Waals surface area contributed by atoms with E-state index in [4.69, 9.17) is 4.74 Å². The number of likely N-dealkylation sites (tertiary alicyclic amines) is 1. The Balaban J connectivity index is 1.78. The van der Waals surface area contributed by atoms with Gasteiger partial charge in [0, 0.05) is 44.9 Å². The van der Waals surface area contributed by atoms with Crippen LogP contribution in [0.5, 0.6) is 0 Å². The number of piperidine rings is 1. The van der Waals surface area contributed by atoms with E-state index in [2.05, 4.69) is 5.10 Å². The van der Waals surface area contributed by atoms with Crippen molar-refractivity contribution in [1.82, 2.24) is 19.2 Å². The number of carbonyl (C=O) groups excluding carboxylic acids is 1. The summed E-state index contributed by atoms with van der Waals surface area (Å²) in [5.41, 5.74) is 0.420. The normalized spacial score (nSPS) is 17.6. The van der Waals surface area contributed by atoms with Gasteiger partial charge in [-0.1, -0.05) is 0 Å². The standard InChI is InChI=1S/C18H24N4O3/c1-25-12-11-20-13-15(6-7-17(20)23)18(24)22-10-3-2-5-16(22)14-21-9-4-8-19-21/h4,6-9,13,16H,2-3,5,10-12,14H2,1H3. The molecule has 1 atom stereocenters. The van der Waals surface area contributed by atoms with Gasteiger partial charge in [0.1, 0.15) is 0 Å². The van der Waals surface area contributed by atoms with Crippen LogP contribution in [-0.2, 0) is 17.8 Å². The number of ether oxygens (including phenoxy) is 1. The van der Waals surface area contributed by atoms with Crippen molar-refractivity contribution in [1.29, 1.82) is 0 Å². The fourth-order valence-corrected chi connectivity index (χ4v) is 3.27. The van der Waals surface area contributed by atoms with Crippen LogP contribution in [0, 0.1) is 0 Å². The minimum Gasteiger partial charge on any atom is -0.383 e. The van der Waals surface area contributed by atoms with Crippen molar-refractivity contribution < 1.29 is 9.53 Å². The van der Waals surface area contributed by atoms with E-state index in [1.165, 1.54) is 10.6 Å². The molecular weight excluding hydrogens is 320 g/mol. The fourth-order valence-electron chi connectivity index (χ4n) is 3.27. The second-order valence-corrected chi connectivity index (χ2v) is 6.32. The Morgan fingerprint density at radius 2 is 2.24 bits per heavy atom. The van der Waals surface area contributed by atoms with E-state index in [0.717, 1.165) is 25.8 Å². The minimum absolute atomic E-state index is 0.0250. The Kier molecular flexibility index (Phi) is 5.65. The molecule has 7 heteroatoms. The smallest absolute Gasteiger partial charge is 0.255 e. The van der Waals surface area contributed by atoms with E-state index < -0.39 is 0 Å². The summed E-state index contributed by atoms with van der Waals surface area (Å²) >= 11 is 0. The van der Waals surface area contributed by atoms with E-state index in [0.29, 0.717) is 25.3 Å². The maximum absolute atomic E-state index is 13.0. The van der Waals surface area contributed by atoms with Gasteiger partial charge in [-0.2, -0.15) is 5.10 Å². The molecule has 2 aromatic heterocycles. The van der Waals surface area contributed by atoms with Crippen molar-refractivity contribution in [3.63, 3.8) is 0 Å². The van der Waals surface area contributed by atoms with Crippen LogP contribution in [0.3, 0.4) is 0 Å². The number of methoxy groups -OCH3 is 1. The number of hydrogen-bond acceptors (Lipinski definition) is 4. The van der Waals surface area contributed by atoms with Gasteiger partial charge in [0.25, 0.3) is 11.5 Å². The predicted molar refractivity (Wildman–Crippen MR) is 93.5 cm³/mol. The highest BCUT2D eigenvalue weighted by Crippen LogP contribution is 2.20. The fraction of sp³-hybridized carbons (Fsp3) is 0.500. The maximum atomic E-state index is 13.0. The van der Waals surface area contributed by atoms with Crippen molar-refractivity contribution in [2.45, 2.75) is 38.4 Å². The lowest BCUT2D eigenvalue weighted by atomic mass is 10.0. The zero-order valence-electron chi connectivity index (χ0n) is 14.5. The number of aromatic nitrogens is 3. The highest BCUT2D eigenvalue weighted by molar-refractivity contribution is 5.94. The van der Waals surface area contributed by atoms with Crippen molar-refractivity contribution >= 4 is 5.91 Å². The molecule has 2 aromatic rings. The van der Waals surface area contributed by atoms with Gasteiger partial charge >= 0.3 is 0 Å². The van der Waals surface area contributed by atoms with Gasteiger partial charge in [0.15, 0.2) is 0 Å². The lowest BCUT2D eigenvalue weighted by Crippen LogP contribution is -2.46. The van der Waals surface area contributed by atoms with Crippen molar-refractivity contribution in [3.8, 4) is 0 Å². The third kappa shape index (κ3) is 4.17. The topological polar surface area (TPSA) is 69.4 Å². The van der Waals surface area contributed by atoms with E-state index in [9.17, 15) is 9.59 Å². The number of rotatable bonds is 6. The zero-order chi connectivity index (χ0) is 17.6. The Morgan fingerprint density at radius 1 is 1.36 bits per heavy atom. The molecule has 25 heavy (non-hydrogen) atoms. The molecule has 1 unspecified atom stereocenters. The highest BCUT2D eigenvalue weighted by Gasteiger charge is 2.28. The summed E-state index contributed by atoms with van der Waals surface area (Å²) in [5.74, 6) is -0.0250. The van der Waals surface area contributed by atoms with Gasteiger partial charge in [0.2, 0.25) is 0 Å². The molecule has 1 fully saturated rings. The SMILES string of the molecule is COCCn1cc(C(=O)N2CCCCC2Cn2cccn2)ccc1=O. The maximum Gasteiger partial charge on any atom is 0.255 e. The molecular formula is C18H24N4O3. The number of hydrogen-bond donors (Lipinski definition) is 0. The van der Waals surface area contributed by atoms with E-state index >= 15 is 0 Å². The van der Waals surface area contributed by atoms with E-state index in [-0.39, 0.29) is 17.5 Å². The van der Waals surface area contributed by atoms with Gasteiger partial charge in [-0.3, -0.25) is 14.3 Å². The van der Waals surface area contributed by atoms with Crippen LogP contribution in [0.25, 0.3) is 0 Å². The van der Waals surface area contributed by atoms with Crippen LogP contribution in [0.4, 0.5) is 0 Å². The summed E-state index contributed by atoms with van der Waals surface area (Å²) in [4.78, 5) is 26.9. The molecule has 1 aliphatic rings. The molecule has 1 amide bonds. The highest BCUT2D eigenvalue weighted by atomic mass is 16.5. The van der Waals surface area contributed by atoms with Crippen molar-refractivity contribution in [2.24, 2.45) is 0 Å². The summed E-state index contributed by atoms with van der Waals surface area (Å²) in [7, 11) is 1.59. The van der Waals surface area contributed by atoms with Gasteiger partial charge in [-0.15, -0.1) is 0 Å². The minimum atomic E-state index is -0.125. The van der Waals surface area contributed by atoms with Crippen LogP contribution in [0.15, 0.2) is 41.6 Å². The van der Waals surface area contributed by atoms with Crippen molar-refractivity contribution in [3.05, 3.63) is 52.7 Å². The first-order valence-corrected chi connectivity index (χ1v) is 8.67. The Morgan fingerprint density at radius 3 is 3.00 bits per heavy atom. The monoisotopic (exact) mass is 344 g/mol. The first-order valence-electron chi connectivity index (χ1n) is 8.67. The van der Waals surface area contributed by atoms with Gasteiger partial charge in [0.05, 0.1) is 24.8 Å². The van der Waals surface area contributed by atoms with Crippen LogP contribution in [0.1, 0.15) is 29.6 Å². The lowest BCUT2D eigenvalue weighted by molar-refractivity contribution is 0.0582. The molecule has 1 saturated heterocycles. The quantitative estimate of drug-likeness (QED) is 0.794. The molecule has 7 nitrogen and oxygen atoms in total. The van der Waals surface area contributed by atoms with Crippen LogP contribution < -0.4 is 5.56 Å². The Labute approximate surface area is 146 Å². The first-order chi connectivity index (χ1) is 12.2. The van der Waals surface area contributed by atoms with Gasteiger partial charge in [-0.05, 0) is 31.4 Å². The van der Waals surface area contributed by atoms with Gasteiger partial charge < -0.3 is 14.2 Å². The second-order valence-electron chi connectivity index (χ2n) is 6.32. The predicted octanol–water partition coefficient (Wildman–Crippen LogP) is 1.39. The molecule has 134 valence electrons. The molecule has 0 N–H and O–H groups in total. The van der Waals surface area contributed by atoms with Crippen LogP contribution >= 0.6 is 0 Å². The van der Waals surface area contributed by atoms with E-state index in [1.807, 2.05) is 21.8 Å². The largest absolute Gasteiger partial charge is 0.383 e. The summed E-state index contributed by atoms with van der Waals surface area (Å²) in [6, 6.07) is 5.09. The molecule has 0 radical (unpaired) electrons. The van der Waals surface area contributed by atoms with Crippen LogP contribution in [0.2, 0.25) is 0 Å². The lowest BCUT2D eigenvalue weighted by Gasteiger charge is -2.35. The summed E-state index contributed by atoms with van der Waals surface area (Å²) in [5, 5.41) is 4.26. The molecule has 3 rings (SSSR count). The summed E-state index contributed by atoms with van der Waals surface area (Å²) < 4.78 is 8.43. The molecule has 1 aliphatic heterocycles. The average Bonchev–Trinajstić information content (AvgIpc) is 3.14. The van der Waals surface area contributed by atoms with Gasteiger partial charge in [-0.25, -0.2) is 0 Å². The van der Waals surface area contributed by atoms with Crippen LogP contribution in [-0.4, -0.2) is 51.5 Å². The number of nitrogens with zero attached hydrogens (tertiary/aromatic N) is 4. The number of carbonyl (C=O) groups is 1. The average molecular weight is 344 g/mol. The molecule has 0 aromatic carbocycles. The number of amides is 1. The molecule has 0 spiro atoms. The molecule has 3 heterocycles. The molecule has 0 aliphatic carbocycles. The molecule has 0 saturated carbocycles. The Hall–Kier alpha value is -2.41. The molecule has 0 bridgehead atoms. The number of pyridine rings is 1. The second kappa shape index (κ2) is 8.11. The Bertz CT molecular complexity index is 754. The third-order valence-corrected chi connectivity index (χ3v) is 4.61.